The Morgan fingerprint density at radius 3 is 2.94 bits per heavy atom. The molecule has 0 amide bonds. The van der Waals surface area contributed by atoms with Gasteiger partial charge in [-0.3, -0.25) is 0 Å². The van der Waals surface area contributed by atoms with Crippen molar-refractivity contribution in [1.29, 1.82) is 0 Å². The van der Waals surface area contributed by atoms with Crippen LogP contribution in [-0.2, 0) is 6.42 Å². The highest BCUT2D eigenvalue weighted by molar-refractivity contribution is 5.28. The fourth-order valence-electron chi connectivity index (χ4n) is 2.86. The van der Waals surface area contributed by atoms with Gasteiger partial charge in [0.1, 0.15) is 5.75 Å². The van der Waals surface area contributed by atoms with Crippen molar-refractivity contribution in [3.8, 4) is 5.75 Å². The number of methoxy groups -OCH3 is 1. The van der Waals surface area contributed by atoms with Crippen molar-refractivity contribution >= 4 is 0 Å². The molecule has 0 spiro atoms. The highest BCUT2D eigenvalue weighted by Crippen LogP contribution is 2.30. The van der Waals surface area contributed by atoms with Crippen molar-refractivity contribution in [3.63, 3.8) is 0 Å². The molecule has 0 bridgehead atoms. The summed E-state index contributed by atoms with van der Waals surface area (Å²) >= 11 is 0. The summed E-state index contributed by atoms with van der Waals surface area (Å²) in [5, 5.41) is 0. The van der Waals surface area contributed by atoms with Crippen LogP contribution in [0.5, 0.6) is 5.75 Å². The molecule has 1 aliphatic rings. The quantitative estimate of drug-likeness (QED) is 0.871. The maximum absolute atomic E-state index is 6.23. The topological polar surface area (TPSA) is 35.2 Å². The molecule has 1 aromatic rings. The predicted octanol–water partition coefficient (Wildman–Crippen LogP) is 3.00. The van der Waals surface area contributed by atoms with Crippen LogP contribution < -0.4 is 10.5 Å². The van der Waals surface area contributed by atoms with Crippen molar-refractivity contribution in [1.82, 2.24) is 0 Å². The second-order valence-corrected chi connectivity index (χ2v) is 5.40. The normalized spacial score (nSPS) is 29.0. The van der Waals surface area contributed by atoms with Gasteiger partial charge in [-0.15, -0.1) is 0 Å². The van der Waals surface area contributed by atoms with Crippen molar-refractivity contribution in [2.45, 2.75) is 38.6 Å². The lowest BCUT2D eigenvalue weighted by molar-refractivity contribution is 0.244. The average Bonchev–Trinajstić information content (AvgIpc) is 2.34. The number of hydrogen-bond acceptors (Lipinski definition) is 2. The van der Waals surface area contributed by atoms with Gasteiger partial charge in [0.25, 0.3) is 0 Å². The number of ether oxygens (including phenoxy) is 1. The Bertz CT molecular complexity index is 364. The van der Waals surface area contributed by atoms with Gasteiger partial charge >= 0.3 is 0 Å². The fourth-order valence-corrected chi connectivity index (χ4v) is 2.86. The second-order valence-electron chi connectivity index (χ2n) is 5.40. The van der Waals surface area contributed by atoms with Crippen molar-refractivity contribution in [2.24, 2.45) is 17.6 Å². The van der Waals surface area contributed by atoms with E-state index >= 15 is 0 Å². The standard InChI is InChI=1S/C15H23NO/c1-11-6-7-15(16)13(8-11)9-12-4-3-5-14(10-12)17-2/h3-5,10-11,13,15H,6-9,16H2,1-2H3. The van der Waals surface area contributed by atoms with Crippen LogP contribution in [0.25, 0.3) is 0 Å². The zero-order valence-electron chi connectivity index (χ0n) is 10.9. The van der Waals surface area contributed by atoms with Gasteiger partial charge in [-0.2, -0.15) is 0 Å². The number of benzene rings is 1. The molecule has 94 valence electrons. The van der Waals surface area contributed by atoms with Crippen LogP contribution in [0.1, 0.15) is 31.7 Å². The molecule has 2 heteroatoms. The Kier molecular flexibility index (Phi) is 4.06. The Morgan fingerprint density at radius 1 is 1.35 bits per heavy atom. The molecule has 2 rings (SSSR count). The summed E-state index contributed by atoms with van der Waals surface area (Å²) in [5.74, 6) is 2.40. The zero-order chi connectivity index (χ0) is 12.3. The average molecular weight is 233 g/mol. The van der Waals surface area contributed by atoms with Crippen molar-refractivity contribution in [2.75, 3.05) is 7.11 Å². The molecule has 0 heterocycles. The van der Waals surface area contributed by atoms with Crippen LogP contribution in [0, 0.1) is 11.8 Å². The number of hydrogen-bond donors (Lipinski definition) is 1. The van der Waals surface area contributed by atoms with E-state index in [2.05, 4.69) is 25.1 Å². The van der Waals surface area contributed by atoms with E-state index in [1.807, 2.05) is 6.07 Å². The van der Waals surface area contributed by atoms with E-state index in [4.69, 9.17) is 10.5 Å². The maximum atomic E-state index is 6.23. The Balaban J connectivity index is 2.03. The molecule has 3 atom stereocenters. The van der Waals surface area contributed by atoms with Gasteiger partial charge in [-0.05, 0) is 55.2 Å². The molecule has 2 nitrogen and oxygen atoms in total. The van der Waals surface area contributed by atoms with Gasteiger partial charge in [-0.1, -0.05) is 19.1 Å². The lowest BCUT2D eigenvalue weighted by Crippen LogP contribution is -2.36. The van der Waals surface area contributed by atoms with Gasteiger partial charge in [0, 0.05) is 6.04 Å². The van der Waals surface area contributed by atoms with Crippen molar-refractivity contribution in [3.05, 3.63) is 29.8 Å². The minimum atomic E-state index is 0.373. The fraction of sp³-hybridized carbons (Fsp3) is 0.600. The summed E-state index contributed by atoms with van der Waals surface area (Å²) in [6, 6.07) is 8.73. The minimum Gasteiger partial charge on any atom is -0.497 e. The molecule has 1 aromatic carbocycles. The van der Waals surface area contributed by atoms with E-state index in [1.54, 1.807) is 7.11 Å². The van der Waals surface area contributed by atoms with Gasteiger partial charge < -0.3 is 10.5 Å². The van der Waals surface area contributed by atoms with Crippen LogP contribution in [0.2, 0.25) is 0 Å². The highest BCUT2D eigenvalue weighted by Gasteiger charge is 2.25. The Labute approximate surface area is 104 Å². The summed E-state index contributed by atoms with van der Waals surface area (Å²) in [6.45, 7) is 2.34. The Morgan fingerprint density at radius 2 is 2.18 bits per heavy atom. The van der Waals surface area contributed by atoms with E-state index in [1.165, 1.54) is 24.8 Å². The van der Waals surface area contributed by atoms with E-state index < -0.39 is 0 Å². The van der Waals surface area contributed by atoms with Crippen LogP contribution >= 0.6 is 0 Å². The minimum absolute atomic E-state index is 0.373. The lowest BCUT2D eigenvalue weighted by atomic mass is 9.76. The molecule has 17 heavy (non-hydrogen) atoms. The van der Waals surface area contributed by atoms with Gasteiger partial charge in [0.15, 0.2) is 0 Å². The summed E-state index contributed by atoms with van der Waals surface area (Å²) in [5.41, 5.74) is 7.57. The van der Waals surface area contributed by atoms with Crippen molar-refractivity contribution < 1.29 is 4.74 Å². The molecule has 0 saturated heterocycles. The summed E-state index contributed by atoms with van der Waals surface area (Å²) < 4.78 is 5.26. The first kappa shape index (κ1) is 12.4. The van der Waals surface area contributed by atoms with E-state index in [0.29, 0.717) is 12.0 Å². The first-order chi connectivity index (χ1) is 8.19. The molecule has 0 aromatic heterocycles. The highest BCUT2D eigenvalue weighted by atomic mass is 16.5. The molecule has 2 N–H and O–H groups in total. The second kappa shape index (κ2) is 5.54. The zero-order valence-corrected chi connectivity index (χ0v) is 10.9. The van der Waals surface area contributed by atoms with E-state index in [0.717, 1.165) is 18.1 Å². The SMILES string of the molecule is COc1cccc(CC2CC(C)CCC2N)c1. The number of nitrogens with two attached hydrogens (primary N) is 1. The molecule has 1 saturated carbocycles. The maximum Gasteiger partial charge on any atom is 0.119 e. The summed E-state index contributed by atoms with van der Waals surface area (Å²) in [6.07, 6.45) is 4.81. The predicted molar refractivity (Wildman–Crippen MR) is 71.2 cm³/mol. The van der Waals surface area contributed by atoms with Crippen LogP contribution in [-0.4, -0.2) is 13.2 Å². The van der Waals surface area contributed by atoms with Crippen LogP contribution in [0.3, 0.4) is 0 Å². The van der Waals surface area contributed by atoms with Gasteiger partial charge in [-0.25, -0.2) is 0 Å². The summed E-state index contributed by atoms with van der Waals surface area (Å²) in [4.78, 5) is 0. The smallest absolute Gasteiger partial charge is 0.119 e. The number of rotatable bonds is 3. The lowest BCUT2D eigenvalue weighted by Gasteiger charge is -2.32. The van der Waals surface area contributed by atoms with Crippen LogP contribution in [0.15, 0.2) is 24.3 Å². The molecule has 1 aliphatic carbocycles. The third kappa shape index (κ3) is 3.22. The van der Waals surface area contributed by atoms with E-state index in [-0.39, 0.29) is 0 Å². The molecule has 3 unspecified atom stereocenters. The van der Waals surface area contributed by atoms with Gasteiger partial charge in [0.05, 0.1) is 7.11 Å². The molecule has 0 radical (unpaired) electrons. The van der Waals surface area contributed by atoms with Gasteiger partial charge in [0.2, 0.25) is 0 Å². The van der Waals surface area contributed by atoms with Crippen LogP contribution in [0.4, 0.5) is 0 Å². The molecule has 1 fully saturated rings. The molecule has 0 aliphatic heterocycles. The first-order valence-corrected chi connectivity index (χ1v) is 6.57. The monoisotopic (exact) mass is 233 g/mol. The largest absolute Gasteiger partial charge is 0.497 e. The molecular weight excluding hydrogens is 210 g/mol. The third-order valence-corrected chi connectivity index (χ3v) is 3.94. The third-order valence-electron chi connectivity index (χ3n) is 3.94. The Hall–Kier alpha value is -1.02. The van der Waals surface area contributed by atoms with E-state index in [9.17, 15) is 0 Å². The molecular formula is C15H23NO. The summed E-state index contributed by atoms with van der Waals surface area (Å²) in [7, 11) is 1.72. The first-order valence-electron chi connectivity index (χ1n) is 6.57.